The Morgan fingerprint density at radius 1 is 1.40 bits per heavy atom. The number of carbonyl (C=O) groups is 2. The molecule has 0 aliphatic carbocycles. The average molecular weight is 278 g/mol. The summed E-state index contributed by atoms with van der Waals surface area (Å²) < 4.78 is 0. The number of carboxylic acids is 1. The van der Waals surface area contributed by atoms with Crippen LogP contribution in [0, 0.1) is 5.92 Å². The topological polar surface area (TPSA) is 79.3 Å². The van der Waals surface area contributed by atoms with Crippen molar-refractivity contribution in [2.75, 3.05) is 0 Å². The maximum Gasteiger partial charge on any atom is 0.305 e. The number of aromatic nitrogens is 1. The van der Waals surface area contributed by atoms with E-state index >= 15 is 0 Å². The lowest BCUT2D eigenvalue weighted by Crippen LogP contribution is -2.51. The number of aliphatic carboxylic acids is 1. The van der Waals surface area contributed by atoms with Crippen LogP contribution in [0.2, 0.25) is 0 Å². The van der Waals surface area contributed by atoms with Gasteiger partial charge in [-0.05, 0) is 31.4 Å². The summed E-state index contributed by atoms with van der Waals surface area (Å²) in [5, 5.41) is 11.8. The molecule has 0 spiro atoms. The van der Waals surface area contributed by atoms with Gasteiger partial charge in [-0.2, -0.15) is 0 Å². The fourth-order valence-corrected chi connectivity index (χ4v) is 1.88. The molecule has 0 saturated carbocycles. The van der Waals surface area contributed by atoms with Gasteiger partial charge in [0.25, 0.3) is 0 Å². The average Bonchev–Trinajstić information content (AvgIpc) is 2.36. The molecule has 1 atom stereocenters. The van der Waals surface area contributed by atoms with E-state index in [9.17, 15) is 9.59 Å². The molecule has 5 heteroatoms. The molecule has 0 saturated heterocycles. The van der Waals surface area contributed by atoms with Gasteiger partial charge in [0.15, 0.2) is 0 Å². The van der Waals surface area contributed by atoms with Crippen molar-refractivity contribution < 1.29 is 14.7 Å². The van der Waals surface area contributed by atoms with Gasteiger partial charge in [-0.15, -0.1) is 0 Å². The van der Waals surface area contributed by atoms with Gasteiger partial charge in [0.1, 0.15) is 0 Å². The molecule has 110 valence electrons. The summed E-state index contributed by atoms with van der Waals surface area (Å²) in [6.45, 7) is 5.58. The number of nitrogens with zero attached hydrogens (tertiary/aromatic N) is 1. The molecule has 1 heterocycles. The van der Waals surface area contributed by atoms with Crippen LogP contribution in [0.25, 0.3) is 0 Å². The second-order valence-corrected chi connectivity index (χ2v) is 5.51. The van der Waals surface area contributed by atoms with Crippen molar-refractivity contribution >= 4 is 11.9 Å². The number of aryl methyl sites for hydroxylation is 1. The van der Waals surface area contributed by atoms with Gasteiger partial charge < -0.3 is 10.4 Å². The minimum atomic E-state index is -0.911. The Bertz CT molecular complexity index is 459. The van der Waals surface area contributed by atoms with Gasteiger partial charge in [-0.3, -0.25) is 14.6 Å². The molecule has 1 amide bonds. The molecule has 0 radical (unpaired) electrons. The normalized spacial score (nSPS) is 13.8. The fraction of sp³-hybridized carbons (Fsp3) is 0.533. The fourth-order valence-electron chi connectivity index (χ4n) is 1.88. The molecule has 0 bridgehead atoms. The molecular weight excluding hydrogens is 256 g/mol. The third-order valence-corrected chi connectivity index (χ3v) is 3.55. The van der Waals surface area contributed by atoms with E-state index in [-0.39, 0.29) is 18.2 Å². The number of hydrogen-bond donors (Lipinski definition) is 2. The highest BCUT2D eigenvalue weighted by atomic mass is 16.4. The highest BCUT2D eigenvalue weighted by Crippen LogP contribution is 2.21. The molecule has 1 rings (SSSR count). The second kappa shape index (κ2) is 7.03. The minimum absolute atomic E-state index is 0.0393. The first kappa shape index (κ1) is 16.1. The van der Waals surface area contributed by atoms with Gasteiger partial charge in [0.05, 0.1) is 6.42 Å². The van der Waals surface area contributed by atoms with Crippen LogP contribution in [0.1, 0.15) is 39.3 Å². The standard InChI is InChI=1S/C15H22N2O3/c1-11(2)15(3,10-14(19)20)17-13(18)8-7-12-6-4-5-9-16-12/h4-6,9,11H,7-8,10H2,1-3H3,(H,17,18)(H,19,20). The Balaban J connectivity index is 2.56. The number of carbonyl (C=O) groups excluding carboxylic acids is 1. The van der Waals surface area contributed by atoms with Gasteiger partial charge in [-0.1, -0.05) is 19.9 Å². The summed E-state index contributed by atoms with van der Waals surface area (Å²) in [4.78, 5) is 27.1. The number of nitrogens with one attached hydrogen (secondary N) is 1. The lowest BCUT2D eigenvalue weighted by Gasteiger charge is -2.33. The molecule has 2 N–H and O–H groups in total. The highest BCUT2D eigenvalue weighted by molar-refractivity contribution is 5.78. The van der Waals surface area contributed by atoms with Crippen molar-refractivity contribution in [3.05, 3.63) is 30.1 Å². The van der Waals surface area contributed by atoms with E-state index in [0.29, 0.717) is 12.8 Å². The second-order valence-electron chi connectivity index (χ2n) is 5.51. The van der Waals surface area contributed by atoms with Crippen molar-refractivity contribution in [1.82, 2.24) is 10.3 Å². The number of amides is 1. The zero-order valence-electron chi connectivity index (χ0n) is 12.2. The predicted octanol–water partition coefficient (Wildman–Crippen LogP) is 2.02. The molecule has 0 aliphatic rings. The monoisotopic (exact) mass is 278 g/mol. The Morgan fingerprint density at radius 2 is 2.10 bits per heavy atom. The van der Waals surface area contributed by atoms with E-state index in [0.717, 1.165) is 5.69 Å². The number of rotatable bonds is 7. The molecular formula is C15H22N2O3. The van der Waals surface area contributed by atoms with Crippen LogP contribution in [0.4, 0.5) is 0 Å². The third-order valence-electron chi connectivity index (χ3n) is 3.55. The molecule has 0 fully saturated rings. The van der Waals surface area contributed by atoms with Gasteiger partial charge >= 0.3 is 5.97 Å². The van der Waals surface area contributed by atoms with E-state index in [4.69, 9.17) is 5.11 Å². The number of carboxylic acid groups (broad SMARTS) is 1. The SMILES string of the molecule is CC(C)C(C)(CC(=O)O)NC(=O)CCc1ccccn1. The Hall–Kier alpha value is -1.91. The summed E-state index contributed by atoms with van der Waals surface area (Å²) in [7, 11) is 0. The van der Waals surface area contributed by atoms with Crippen LogP contribution in [-0.4, -0.2) is 27.5 Å². The lowest BCUT2D eigenvalue weighted by atomic mass is 9.85. The molecule has 1 aromatic heterocycles. The van der Waals surface area contributed by atoms with Gasteiger partial charge in [0.2, 0.25) is 5.91 Å². The number of pyridine rings is 1. The maximum absolute atomic E-state index is 12.0. The number of hydrogen-bond acceptors (Lipinski definition) is 3. The van der Waals surface area contributed by atoms with Crippen molar-refractivity contribution in [3.63, 3.8) is 0 Å². The third kappa shape index (κ3) is 4.99. The van der Waals surface area contributed by atoms with Crippen LogP contribution in [0.5, 0.6) is 0 Å². The molecule has 0 aliphatic heterocycles. The Kier molecular flexibility index (Phi) is 5.67. The van der Waals surface area contributed by atoms with Crippen molar-refractivity contribution in [2.45, 2.75) is 45.6 Å². The first-order valence-corrected chi connectivity index (χ1v) is 6.76. The van der Waals surface area contributed by atoms with E-state index in [2.05, 4.69) is 10.3 Å². The Labute approximate surface area is 119 Å². The molecule has 5 nitrogen and oxygen atoms in total. The first-order valence-electron chi connectivity index (χ1n) is 6.76. The maximum atomic E-state index is 12.0. The predicted molar refractivity (Wildman–Crippen MR) is 76.2 cm³/mol. The van der Waals surface area contributed by atoms with Crippen LogP contribution in [0.3, 0.4) is 0 Å². The minimum Gasteiger partial charge on any atom is -0.481 e. The van der Waals surface area contributed by atoms with E-state index in [1.807, 2.05) is 32.0 Å². The van der Waals surface area contributed by atoms with Crippen LogP contribution < -0.4 is 5.32 Å². The Morgan fingerprint density at radius 3 is 2.60 bits per heavy atom. The van der Waals surface area contributed by atoms with Crippen LogP contribution in [-0.2, 0) is 16.0 Å². The van der Waals surface area contributed by atoms with Crippen molar-refractivity contribution in [1.29, 1.82) is 0 Å². The molecule has 1 aromatic rings. The highest BCUT2D eigenvalue weighted by Gasteiger charge is 2.32. The molecule has 20 heavy (non-hydrogen) atoms. The van der Waals surface area contributed by atoms with Crippen molar-refractivity contribution in [3.8, 4) is 0 Å². The molecule has 0 aromatic carbocycles. The van der Waals surface area contributed by atoms with Crippen molar-refractivity contribution in [2.24, 2.45) is 5.92 Å². The lowest BCUT2D eigenvalue weighted by molar-refractivity contribution is -0.139. The zero-order chi connectivity index (χ0) is 15.2. The summed E-state index contributed by atoms with van der Waals surface area (Å²) >= 11 is 0. The van der Waals surface area contributed by atoms with E-state index in [1.165, 1.54) is 0 Å². The quantitative estimate of drug-likeness (QED) is 0.799. The van der Waals surface area contributed by atoms with E-state index < -0.39 is 11.5 Å². The van der Waals surface area contributed by atoms with Crippen LogP contribution in [0.15, 0.2) is 24.4 Å². The molecule has 1 unspecified atom stereocenters. The largest absolute Gasteiger partial charge is 0.481 e. The summed E-state index contributed by atoms with van der Waals surface area (Å²) in [5.41, 5.74) is 0.125. The first-order chi connectivity index (χ1) is 9.33. The zero-order valence-corrected chi connectivity index (χ0v) is 12.2. The van der Waals surface area contributed by atoms with Crippen LogP contribution >= 0.6 is 0 Å². The van der Waals surface area contributed by atoms with E-state index in [1.54, 1.807) is 13.1 Å². The van der Waals surface area contributed by atoms with Gasteiger partial charge in [0, 0.05) is 23.9 Å². The van der Waals surface area contributed by atoms with Gasteiger partial charge in [-0.25, -0.2) is 0 Å². The summed E-state index contributed by atoms with van der Waals surface area (Å²) in [5.74, 6) is -1.02. The summed E-state index contributed by atoms with van der Waals surface area (Å²) in [6, 6.07) is 5.57. The summed E-state index contributed by atoms with van der Waals surface area (Å²) in [6.07, 6.45) is 2.46. The smallest absolute Gasteiger partial charge is 0.305 e.